The van der Waals surface area contributed by atoms with E-state index in [1.807, 2.05) is 0 Å². The van der Waals surface area contributed by atoms with Gasteiger partial charge in [-0.25, -0.2) is 0 Å². The van der Waals surface area contributed by atoms with Crippen LogP contribution < -0.4 is 11.5 Å². The molecule has 1 aliphatic heterocycles. The maximum absolute atomic E-state index is 10.6. The fourth-order valence-electron chi connectivity index (χ4n) is 1.44. The van der Waals surface area contributed by atoms with Crippen molar-refractivity contribution in [2.45, 2.75) is 25.3 Å². The maximum atomic E-state index is 10.6. The van der Waals surface area contributed by atoms with Gasteiger partial charge in [-0.1, -0.05) is 0 Å². The molecule has 1 heterocycles. The van der Waals surface area contributed by atoms with Crippen LogP contribution in [0.4, 0.5) is 0 Å². The number of rotatable bonds is 2. The van der Waals surface area contributed by atoms with Crippen LogP contribution in [0.5, 0.6) is 0 Å². The Bertz CT molecular complexity index is 169. The number of nitrogens with two attached hydrogens (primary N) is 2. The second kappa shape index (κ2) is 3.41. The molecular formula is C8H17N3O. The molecular weight excluding hydrogens is 154 g/mol. The summed E-state index contributed by atoms with van der Waals surface area (Å²) in [6.45, 7) is 4.19. The van der Waals surface area contributed by atoms with E-state index < -0.39 is 0 Å². The molecule has 0 aliphatic carbocycles. The average molecular weight is 171 g/mol. The number of nitrogens with zero attached hydrogens (tertiary/aromatic N) is 1. The van der Waals surface area contributed by atoms with Gasteiger partial charge in [0.25, 0.3) is 0 Å². The van der Waals surface area contributed by atoms with E-state index in [1.54, 1.807) is 0 Å². The summed E-state index contributed by atoms with van der Waals surface area (Å²) in [4.78, 5) is 12.6. The fourth-order valence-corrected chi connectivity index (χ4v) is 1.44. The Morgan fingerprint density at radius 3 is 2.42 bits per heavy atom. The van der Waals surface area contributed by atoms with Gasteiger partial charge in [0.1, 0.15) is 0 Å². The van der Waals surface area contributed by atoms with Crippen molar-refractivity contribution in [3.8, 4) is 0 Å². The second-order valence-electron chi connectivity index (χ2n) is 3.90. The van der Waals surface area contributed by atoms with E-state index in [9.17, 15) is 4.79 Å². The molecule has 0 spiro atoms. The number of hydrogen-bond donors (Lipinski definition) is 2. The summed E-state index contributed by atoms with van der Waals surface area (Å²) in [5.41, 5.74) is 11.0. The van der Waals surface area contributed by atoms with Crippen molar-refractivity contribution in [2.75, 3.05) is 19.6 Å². The van der Waals surface area contributed by atoms with Crippen LogP contribution in [-0.4, -0.2) is 36.0 Å². The minimum atomic E-state index is -0.254. The van der Waals surface area contributed by atoms with Crippen molar-refractivity contribution in [2.24, 2.45) is 11.5 Å². The van der Waals surface area contributed by atoms with Crippen molar-refractivity contribution < 1.29 is 4.79 Å². The van der Waals surface area contributed by atoms with Crippen LogP contribution in [0.3, 0.4) is 0 Å². The molecule has 0 unspecified atom stereocenters. The van der Waals surface area contributed by atoms with Gasteiger partial charge < -0.3 is 11.5 Å². The molecule has 1 amide bonds. The Balaban J connectivity index is 2.31. The topological polar surface area (TPSA) is 72.3 Å². The van der Waals surface area contributed by atoms with Gasteiger partial charge >= 0.3 is 0 Å². The van der Waals surface area contributed by atoms with Crippen LogP contribution in [0.15, 0.2) is 0 Å². The summed E-state index contributed by atoms with van der Waals surface area (Å²) in [6.07, 6.45) is 1.89. The summed E-state index contributed by atoms with van der Waals surface area (Å²) in [7, 11) is 0. The van der Waals surface area contributed by atoms with Crippen molar-refractivity contribution in [1.29, 1.82) is 0 Å². The van der Waals surface area contributed by atoms with E-state index in [-0.39, 0.29) is 11.4 Å². The van der Waals surface area contributed by atoms with Gasteiger partial charge in [-0.3, -0.25) is 9.69 Å². The number of amides is 1. The van der Waals surface area contributed by atoms with Gasteiger partial charge in [0.05, 0.1) is 6.54 Å². The lowest BCUT2D eigenvalue weighted by molar-refractivity contribution is -0.119. The van der Waals surface area contributed by atoms with E-state index in [0.717, 1.165) is 25.9 Å². The van der Waals surface area contributed by atoms with Crippen LogP contribution in [-0.2, 0) is 4.79 Å². The number of carbonyl (C=O) groups excluding carboxylic acids is 1. The molecule has 12 heavy (non-hydrogen) atoms. The molecule has 70 valence electrons. The third-order valence-corrected chi connectivity index (χ3v) is 2.38. The summed E-state index contributed by atoms with van der Waals surface area (Å²) in [5, 5.41) is 0. The summed E-state index contributed by atoms with van der Waals surface area (Å²) in [6, 6.07) is 0. The molecule has 0 aromatic rings. The highest BCUT2D eigenvalue weighted by Crippen LogP contribution is 2.17. The van der Waals surface area contributed by atoms with Crippen LogP contribution in [0, 0.1) is 0 Å². The predicted octanol–water partition coefficient (Wildman–Crippen LogP) is -0.715. The molecule has 0 atom stereocenters. The Kier molecular flexibility index (Phi) is 2.69. The summed E-state index contributed by atoms with van der Waals surface area (Å²) >= 11 is 0. The van der Waals surface area contributed by atoms with Crippen molar-refractivity contribution >= 4 is 5.91 Å². The average Bonchev–Trinajstić information content (AvgIpc) is 1.93. The lowest BCUT2D eigenvalue weighted by Crippen LogP contribution is -2.49. The predicted molar refractivity (Wildman–Crippen MR) is 47.5 cm³/mol. The first-order valence-electron chi connectivity index (χ1n) is 4.29. The van der Waals surface area contributed by atoms with Crippen LogP contribution in [0.1, 0.15) is 19.8 Å². The van der Waals surface area contributed by atoms with E-state index >= 15 is 0 Å². The third kappa shape index (κ3) is 2.79. The zero-order valence-corrected chi connectivity index (χ0v) is 7.55. The first-order chi connectivity index (χ1) is 5.49. The van der Waals surface area contributed by atoms with Gasteiger partial charge in [-0.2, -0.15) is 0 Å². The molecule has 0 aromatic carbocycles. The van der Waals surface area contributed by atoms with Gasteiger partial charge in [0, 0.05) is 18.6 Å². The monoisotopic (exact) mass is 171 g/mol. The minimum Gasteiger partial charge on any atom is -0.369 e. The number of hydrogen-bond acceptors (Lipinski definition) is 3. The summed E-state index contributed by atoms with van der Waals surface area (Å²) < 4.78 is 0. The Labute approximate surface area is 72.9 Å². The van der Waals surface area contributed by atoms with Crippen molar-refractivity contribution in [3.05, 3.63) is 0 Å². The molecule has 4 heteroatoms. The lowest BCUT2D eigenvalue weighted by atomic mass is 9.91. The quantitative estimate of drug-likeness (QED) is 0.576. The highest BCUT2D eigenvalue weighted by Gasteiger charge is 2.25. The number of carbonyl (C=O) groups is 1. The SMILES string of the molecule is CC1(N)CCN(CC(N)=O)CC1. The molecule has 0 bridgehead atoms. The smallest absolute Gasteiger partial charge is 0.231 e. The molecule has 4 nitrogen and oxygen atoms in total. The van der Waals surface area contributed by atoms with Gasteiger partial charge in [0.15, 0.2) is 0 Å². The zero-order valence-electron chi connectivity index (χ0n) is 7.55. The van der Waals surface area contributed by atoms with Gasteiger partial charge in [-0.15, -0.1) is 0 Å². The molecule has 1 saturated heterocycles. The molecule has 1 aliphatic rings. The number of likely N-dealkylation sites (tertiary alicyclic amines) is 1. The van der Waals surface area contributed by atoms with Crippen molar-refractivity contribution in [1.82, 2.24) is 4.90 Å². The first kappa shape index (κ1) is 9.48. The molecule has 0 aromatic heterocycles. The Morgan fingerprint density at radius 1 is 1.50 bits per heavy atom. The Morgan fingerprint density at radius 2 is 2.00 bits per heavy atom. The highest BCUT2D eigenvalue weighted by molar-refractivity contribution is 5.75. The van der Waals surface area contributed by atoms with Crippen LogP contribution >= 0.6 is 0 Å². The first-order valence-corrected chi connectivity index (χ1v) is 4.29. The van der Waals surface area contributed by atoms with Gasteiger partial charge in [0.2, 0.25) is 5.91 Å². The van der Waals surface area contributed by atoms with E-state index in [1.165, 1.54) is 0 Å². The lowest BCUT2D eigenvalue weighted by Gasteiger charge is -2.35. The molecule has 0 radical (unpaired) electrons. The van der Waals surface area contributed by atoms with Gasteiger partial charge in [-0.05, 0) is 19.8 Å². The fraction of sp³-hybridized carbons (Fsp3) is 0.875. The molecule has 0 saturated carbocycles. The zero-order chi connectivity index (χ0) is 9.19. The molecule has 1 fully saturated rings. The second-order valence-corrected chi connectivity index (χ2v) is 3.90. The maximum Gasteiger partial charge on any atom is 0.231 e. The third-order valence-electron chi connectivity index (χ3n) is 2.38. The molecule has 1 rings (SSSR count). The standard InChI is InChI=1S/C8H17N3O/c1-8(10)2-4-11(5-3-8)6-7(9)12/h2-6,10H2,1H3,(H2,9,12). The highest BCUT2D eigenvalue weighted by atomic mass is 16.1. The van der Waals surface area contributed by atoms with Crippen molar-refractivity contribution in [3.63, 3.8) is 0 Å². The Hall–Kier alpha value is -0.610. The molecule has 4 N–H and O–H groups in total. The van der Waals surface area contributed by atoms with E-state index in [0.29, 0.717) is 6.54 Å². The summed E-state index contributed by atoms with van der Waals surface area (Å²) in [5.74, 6) is -0.254. The van der Waals surface area contributed by atoms with Crippen LogP contribution in [0.2, 0.25) is 0 Å². The number of piperidine rings is 1. The normalized spacial score (nSPS) is 23.8. The van der Waals surface area contributed by atoms with E-state index in [4.69, 9.17) is 11.5 Å². The van der Waals surface area contributed by atoms with E-state index in [2.05, 4.69) is 11.8 Å². The largest absolute Gasteiger partial charge is 0.369 e. The van der Waals surface area contributed by atoms with Crippen LogP contribution in [0.25, 0.3) is 0 Å². The minimum absolute atomic E-state index is 0.0475. The number of primary amides is 1.